The number of carbonyl (C=O) groups is 1. The van der Waals surface area contributed by atoms with Crippen LogP contribution in [0, 0.1) is 12.8 Å². The van der Waals surface area contributed by atoms with Crippen molar-refractivity contribution in [2.24, 2.45) is 5.92 Å². The van der Waals surface area contributed by atoms with Gasteiger partial charge in [-0.15, -0.1) is 0 Å². The van der Waals surface area contributed by atoms with Crippen molar-refractivity contribution < 1.29 is 17.9 Å². The lowest BCUT2D eigenvalue weighted by molar-refractivity contribution is -0.148. The molecular formula is C22H34BrNO4S. The van der Waals surface area contributed by atoms with Crippen LogP contribution in [0.1, 0.15) is 53.0 Å². The summed E-state index contributed by atoms with van der Waals surface area (Å²) in [7, 11) is -3.66. The van der Waals surface area contributed by atoms with Gasteiger partial charge in [0, 0.05) is 24.0 Å². The maximum absolute atomic E-state index is 13.4. The van der Waals surface area contributed by atoms with Gasteiger partial charge in [0.15, 0.2) is 0 Å². The molecule has 1 aromatic carbocycles. The molecule has 1 unspecified atom stereocenters. The topological polar surface area (TPSA) is 63.7 Å². The maximum Gasteiger partial charge on any atom is 0.330 e. The second-order valence-corrected chi connectivity index (χ2v) is 10.8. The Bertz CT molecular complexity index is 782. The molecule has 1 rings (SSSR count). The average molecular weight is 488 g/mol. The summed E-state index contributed by atoms with van der Waals surface area (Å²) in [6.45, 7) is 11.7. The summed E-state index contributed by atoms with van der Waals surface area (Å²) in [6, 6.07) is 6.73. The Morgan fingerprint density at radius 2 is 1.83 bits per heavy atom. The molecule has 0 N–H and O–H groups in total. The molecule has 0 aliphatic rings. The van der Waals surface area contributed by atoms with Gasteiger partial charge in [0.1, 0.15) is 5.60 Å². The van der Waals surface area contributed by atoms with E-state index in [2.05, 4.69) is 29.8 Å². The molecule has 2 atom stereocenters. The Morgan fingerprint density at radius 3 is 2.31 bits per heavy atom. The van der Waals surface area contributed by atoms with Gasteiger partial charge in [-0.25, -0.2) is 13.2 Å². The predicted octanol–water partition coefficient (Wildman–Crippen LogP) is 5.08. The molecule has 0 bridgehead atoms. The van der Waals surface area contributed by atoms with Gasteiger partial charge in [0.05, 0.1) is 4.90 Å². The summed E-state index contributed by atoms with van der Waals surface area (Å²) < 4.78 is 33.5. The van der Waals surface area contributed by atoms with Crippen LogP contribution in [0.25, 0.3) is 0 Å². The van der Waals surface area contributed by atoms with Gasteiger partial charge in [-0.1, -0.05) is 60.0 Å². The number of ether oxygens (including phenoxy) is 1. The summed E-state index contributed by atoms with van der Waals surface area (Å²) in [4.78, 5) is 12.1. The quantitative estimate of drug-likeness (QED) is 0.262. The van der Waals surface area contributed by atoms with Crippen LogP contribution < -0.4 is 0 Å². The van der Waals surface area contributed by atoms with E-state index < -0.39 is 21.6 Å². The number of esters is 1. The van der Waals surface area contributed by atoms with E-state index >= 15 is 0 Å². The van der Waals surface area contributed by atoms with Crippen molar-refractivity contribution in [1.82, 2.24) is 4.31 Å². The molecule has 0 saturated carbocycles. The number of aryl methyl sites for hydroxylation is 1. The number of nitrogens with zero attached hydrogens (tertiary/aromatic N) is 1. The zero-order valence-electron chi connectivity index (χ0n) is 18.3. The minimum atomic E-state index is -3.66. The Labute approximate surface area is 184 Å². The fourth-order valence-corrected chi connectivity index (χ4v) is 5.73. The van der Waals surface area contributed by atoms with E-state index in [1.807, 2.05) is 6.92 Å². The predicted molar refractivity (Wildman–Crippen MR) is 122 cm³/mol. The Morgan fingerprint density at radius 1 is 1.24 bits per heavy atom. The first-order valence-corrected chi connectivity index (χ1v) is 12.5. The molecule has 0 amide bonds. The van der Waals surface area contributed by atoms with Gasteiger partial charge in [-0.3, -0.25) is 0 Å². The van der Waals surface area contributed by atoms with Crippen molar-refractivity contribution in [1.29, 1.82) is 0 Å². The van der Waals surface area contributed by atoms with E-state index in [9.17, 15) is 13.2 Å². The lowest BCUT2D eigenvalue weighted by atomic mass is 10.0. The molecule has 0 radical (unpaired) electrons. The molecule has 0 saturated heterocycles. The van der Waals surface area contributed by atoms with Gasteiger partial charge >= 0.3 is 5.97 Å². The van der Waals surface area contributed by atoms with Crippen molar-refractivity contribution in [3.05, 3.63) is 42.0 Å². The van der Waals surface area contributed by atoms with Crippen LogP contribution in [0.2, 0.25) is 0 Å². The van der Waals surface area contributed by atoms with Crippen LogP contribution in [0.3, 0.4) is 0 Å². The molecule has 29 heavy (non-hydrogen) atoms. The number of rotatable bonds is 10. The highest BCUT2D eigenvalue weighted by atomic mass is 79.9. The van der Waals surface area contributed by atoms with Crippen molar-refractivity contribution in [3.8, 4) is 0 Å². The molecule has 0 aromatic heterocycles. The van der Waals surface area contributed by atoms with Crippen molar-refractivity contribution in [3.63, 3.8) is 0 Å². The molecule has 0 aliphatic carbocycles. The minimum absolute atomic E-state index is 0.179. The van der Waals surface area contributed by atoms with E-state index in [1.54, 1.807) is 55.4 Å². The lowest BCUT2D eigenvalue weighted by Gasteiger charge is -2.33. The molecule has 5 nitrogen and oxygen atoms in total. The van der Waals surface area contributed by atoms with Crippen LogP contribution >= 0.6 is 15.9 Å². The molecule has 0 heterocycles. The zero-order chi connectivity index (χ0) is 22.2. The summed E-state index contributed by atoms with van der Waals surface area (Å²) >= 11 is 3.50. The first-order valence-electron chi connectivity index (χ1n) is 9.96. The smallest absolute Gasteiger partial charge is 0.330 e. The van der Waals surface area contributed by atoms with Crippen molar-refractivity contribution >= 4 is 31.9 Å². The Kier molecular flexibility index (Phi) is 10.1. The zero-order valence-corrected chi connectivity index (χ0v) is 20.7. The Balaban J connectivity index is 3.06. The first kappa shape index (κ1) is 25.9. The number of hydrogen-bond acceptors (Lipinski definition) is 4. The van der Waals surface area contributed by atoms with Crippen LogP contribution in [-0.2, 0) is 19.6 Å². The summed E-state index contributed by atoms with van der Waals surface area (Å²) in [5, 5.41) is 0.545. The fraction of sp³-hybridized carbons (Fsp3) is 0.591. The van der Waals surface area contributed by atoms with Crippen molar-refractivity contribution in [2.75, 3.05) is 11.9 Å². The fourth-order valence-electron chi connectivity index (χ4n) is 2.81. The van der Waals surface area contributed by atoms with Crippen LogP contribution in [0.4, 0.5) is 0 Å². The summed E-state index contributed by atoms with van der Waals surface area (Å²) in [6.07, 6.45) is 4.33. The highest BCUT2D eigenvalue weighted by Crippen LogP contribution is 2.25. The van der Waals surface area contributed by atoms with Gasteiger partial charge in [0.25, 0.3) is 0 Å². The Hall–Kier alpha value is -1.18. The van der Waals surface area contributed by atoms with Gasteiger partial charge in [0.2, 0.25) is 10.0 Å². The molecule has 7 heteroatoms. The third-order valence-corrected chi connectivity index (χ3v) is 7.24. The third-order valence-electron chi connectivity index (χ3n) is 4.63. The van der Waals surface area contributed by atoms with Gasteiger partial charge < -0.3 is 4.74 Å². The number of hydrogen-bond donors (Lipinski definition) is 0. The molecule has 0 spiro atoms. The van der Waals surface area contributed by atoms with Crippen LogP contribution in [0.5, 0.6) is 0 Å². The minimum Gasteiger partial charge on any atom is -0.457 e. The summed E-state index contributed by atoms with van der Waals surface area (Å²) in [5.41, 5.74) is 0.453. The van der Waals surface area contributed by atoms with Crippen LogP contribution in [-0.4, -0.2) is 42.2 Å². The lowest BCUT2D eigenvalue weighted by Crippen LogP contribution is -2.45. The highest BCUT2D eigenvalue weighted by Gasteiger charge is 2.33. The molecule has 0 fully saturated rings. The SMILES string of the molecule is CCC(C)[C@@H](CBr)N(CC/C=C/C(=O)OC(C)(C)C)S(=O)(=O)c1ccc(C)cc1. The van der Waals surface area contributed by atoms with E-state index in [0.717, 1.165) is 12.0 Å². The van der Waals surface area contributed by atoms with Gasteiger partial charge in [-0.2, -0.15) is 4.31 Å². The monoisotopic (exact) mass is 487 g/mol. The largest absolute Gasteiger partial charge is 0.457 e. The second-order valence-electron chi connectivity index (χ2n) is 8.26. The van der Waals surface area contributed by atoms with Crippen molar-refractivity contribution in [2.45, 2.75) is 70.9 Å². The third kappa shape index (κ3) is 8.22. The number of alkyl halides is 1. The molecule has 0 aliphatic heterocycles. The number of sulfonamides is 1. The number of carbonyl (C=O) groups excluding carboxylic acids is 1. The molecular weight excluding hydrogens is 454 g/mol. The molecule has 1 aromatic rings. The van der Waals surface area contributed by atoms with E-state index in [-0.39, 0.29) is 23.4 Å². The average Bonchev–Trinajstić information content (AvgIpc) is 2.62. The standard InChI is InChI=1S/C22H34BrNO4S/c1-7-18(3)20(16-23)24(15-9-8-10-21(25)28-22(4,5)6)29(26,27)19-13-11-17(2)12-14-19/h8,10-14,18,20H,7,9,15-16H2,1-6H3/b10-8+/t18?,20-/m1/s1. The highest BCUT2D eigenvalue weighted by molar-refractivity contribution is 9.09. The number of halogens is 1. The van der Waals surface area contributed by atoms with E-state index in [4.69, 9.17) is 4.74 Å². The molecule has 164 valence electrons. The maximum atomic E-state index is 13.4. The first-order chi connectivity index (χ1) is 13.4. The summed E-state index contributed by atoms with van der Waals surface area (Å²) in [5.74, 6) is -0.242. The second kappa shape index (κ2) is 11.3. The van der Waals surface area contributed by atoms with E-state index in [0.29, 0.717) is 11.8 Å². The van der Waals surface area contributed by atoms with Crippen LogP contribution in [0.15, 0.2) is 41.3 Å². The van der Waals surface area contributed by atoms with E-state index in [1.165, 1.54) is 6.08 Å². The normalized spacial score (nSPS) is 14.9. The van der Waals surface area contributed by atoms with Gasteiger partial charge in [-0.05, 0) is 52.2 Å². The number of benzene rings is 1.